The van der Waals surface area contributed by atoms with Crippen LogP contribution < -0.4 is 10.6 Å². The summed E-state index contributed by atoms with van der Waals surface area (Å²) in [5, 5.41) is 6.45. The standard InChI is InChI=1S/C14H20N4O/c19-14(17-12-3-4-12)10-18-7-6-16-9-13(18)11-2-1-5-15-8-11/h1-2,5,8,12-13,16H,3-4,6-7,9-10H2,(H,17,19). The summed E-state index contributed by atoms with van der Waals surface area (Å²) in [4.78, 5) is 18.4. The molecule has 1 unspecified atom stereocenters. The van der Waals surface area contributed by atoms with Crippen LogP contribution in [0.1, 0.15) is 24.4 Å². The quantitative estimate of drug-likeness (QED) is 0.818. The highest BCUT2D eigenvalue weighted by Crippen LogP contribution is 2.22. The van der Waals surface area contributed by atoms with Crippen molar-refractivity contribution in [2.75, 3.05) is 26.2 Å². The number of nitrogens with one attached hydrogen (secondary N) is 2. The van der Waals surface area contributed by atoms with Crippen LogP contribution in [0.2, 0.25) is 0 Å². The lowest BCUT2D eigenvalue weighted by atomic mass is 10.1. The largest absolute Gasteiger partial charge is 0.352 e. The summed E-state index contributed by atoms with van der Waals surface area (Å²) in [6.45, 7) is 3.20. The summed E-state index contributed by atoms with van der Waals surface area (Å²) in [7, 11) is 0. The monoisotopic (exact) mass is 260 g/mol. The van der Waals surface area contributed by atoms with E-state index in [0.717, 1.165) is 32.5 Å². The molecule has 1 aromatic rings. The smallest absolute Gasteiger partial charge is 0.234 e. The minimum atomic E-state index is 0.151. The van der Waals surface area contributed by atoms with Crippen LogP contribution in [-0.2, 0) is 4.79 Å². The molecule has 2 aliphatic rings. The molecule has 1 atom stereocenters. The molecule has 2 heterocycles. The molecule has 0 radical (unpaired) electrons. The van der Waals surface area contributed by atoms with E-state index in [1.807, 2.05) is 12.3 Å². The number of hydrogen-bond donors (Lipinski definition) is 2. The second-order valence-corrected chi connectivity index (χ2v) is 5.32. The lowest BCUT2D eigenvalue weighted by molar-refractivity contribution is -0.123. The third kappa shape index (κ3) is 3.30. The van der Waals surface area contributed by atoms with Crippen molar-refractivity contribution in [2.24, 2.45) is 0 Å². The minimum absolute atomic E-state index is 0.151. The SMILES string of the molecule is O=C(CN1CCNCC1c1cccnc1)NC1CC1. The molecular weight excluding hydrogens is 240 g/mol. The van der Waals surface area contributed by atoms with Gasteiger partial charge in [0.05, 0.1) is 6.54 Å². The van der Waals surface area contributed by atoms with Gasteiger partial charge in [0.15, 0.2) is 0 Å². The first-order chi connectivity index (χ1) is 9.33. The van der Waals surface area contributed by atoms with Crippen molar-refractivity contribution in [1.29, 1.82) is 0 Å². The van der Waals surface area contributed by atoms with E-state index in [0.29, 0.717) is 12.6 Å². The lowest BCUT2D eigenvalue weighted by Crippen LogP contribution is -2.49. The Labute approximate surface area is 113 Å². The number of carbonyl (C=O) groups excluding carboxylic acids is 1. The van der Waals surface area contributed by atoms with Crippen molar-refractivity contribution in [1.82, 2.24) is 20.5 Å². The molecule has 5 nitrogen and oxygen atoms in total. The zero-order valence-corrected chi connectivity index (χ0v) is 11.0. The van der Waals surface area contributed by atoms with Gasteiger partial charge in [-0.1, -0.05) is 6.07 Å². The van der Waals surface area contributed by atoms with Crippen LogP contribution in [0.15, 0.2) is 24.5 Å². The highest BCUT2D eigenvalue weighted by Gasteiger charge is 2.28. The van der Waals surface area contributed by atoms with Gasteiger partial charge in [-0.05, 0) is 24.5 Å². The Balaban J connectivity index is 1.64. The van der Waals surface area contributed by atoms with Gasteiger partial charge in [0.25, 0.3) is 0 Å². The van der Waals surface area contributed by atoms with Crippen LogP contribution in [0.4, 0.5) is 0 Å². The van der Waals surface area contributed by atoms with Gasteiger partial charge in [-0.15, -0.1) is 0 Å². The van der Waals surface area contributed by atoms with Crippen LogP contribution in [0.3, 0.4) is 0 Å². The van der Waals surface area contributed by atoms with Crippen LogP contribution in [0.25, 0.3) is 0 Å². The van der Waals surface area contributed by atoms with Gasteiger partial charge in [-0.25, -0.2) is 0 Å². The van der Waals surface area contributed by atoms with Gasteiger partial charge in [0.2, 0.25) is 5.91 Å². The molecule has 0 spiro atoms. The highest BCUT2D eigenvalue weighted by atomic mass is 16.2. The zero-order chi connectivity index (χ0) is 13.1. The van der Waals surface area contributed by atoms with Crippen molar-refractivity contribution < 1.29 is 4.79 Å². The summed E-state index contributed by atoms with van der Waals surface area (Å²) < 4.78 is 0. The highest BCUT2D eigenvalue weighted by molar-refractivity contribution is 5.78. The summed E-state index contributed by atoms with van der Waals surface area (Å²) in [5.74, 6) is 0.151. The van der Waals surface area contributed by atoms with Crippen molar-refractivity contribution in [3.8, 4) is 0 Å². The Morgan fingerprint density at radius 1 is 1.53 bits per heavy atom. The summed E-state index contributed by atoms with van der Waals surface area (Å²) in [6.07, 6.45) is 5.95. The molecule has 102 valence electrons. The van der Waals surface area contributed by atoms with Gasteiger partial charge in [0, 0.05) is 44.1 Å². The van der Waals surface area contributed by atoms with Crippen LogP contribution in [0.5, 0.6) is 0 Å². The first kappa shape index (κ1) is 12.6. The molecule has 3 rings (SSSR count). The van der Waals surface area contributed by atoms with Crippen molar-refractivity contribution >= 4 is 5.91 Å². The minimum Gasteiger partial charge on any atom is -0.352 e. The average Bonchev–Trinajstić information content (AvgIpc) is 3.24. The third-order valence-corrected chi connectivity index (χ3v) is 3.71. The Bertz CT molecular complexity index is 432. The molecule has 0 bridgehead atoms. The average molecular weight is 260 g/mol. The maximum atomic E-state index is 11.9. The Kier molecular flexibility index (Phi) is 3.75. The van der Waals surface area contributed by atoms with Crippen molar-refractivity contribution in [2.45, 2.75) is 24.9 Å². The first-order valence-electron chi connectivity index (χ1n) is 6.97. The normalized spacial score (nSPS) is 24.1. The van der Waals surface area contributed by atoms with E-state index < -0.39 is 0 Å². The van der Waals surface area contributed by atoms with Gasteiger partial charge in [-0.3, -0.25) is 14.7 Å². The van der Waals surface area contributed by atoms with E-state index in [9.17, 15) is 4.79 Å². The fourth-order valence-electron chi connectivity index (χ4n) is 2.52. The number of carbonyl (C=O) groups is 1. The number of aromatic nitrogens is 1. The summed E-state index contributed by atoms with van der Waals surface area (Å²) in [5.41, 5.74) is 1.17. The number of hydrogen-bond acceptors (Lipinski definition) is 4. The predicted molar refractivity (Wildman–Crippen MR) is 72.6 cm³/mol. The van der Waals surface area contributed by atoms with E-state index in [-0.39, 0.29) is 11.9 Å². The second kappa shape index (κ2) is 5.67. The third-order valence-electron chi connectivity index (χ3n) is 3.71. The maximum absolute atomic E-state index is 11.9. The molecule has 1 saturated heterocycles. The molecule has 1 amide bonds. The number of nitrogens with zero attached hydrogens (tertiary/aromatic N) is 2. The van der Waals surface area contributed by atoms with Crippen LogP contribution in [0, 0.1) is 0 Å². The van der Waals surface area contributed by atoms with E-state index >= 15 is 0 Å². The molecular formula is C14H20N4O. The first-order valence-corrected chi connectivity index (χ1v) is 6.97. The maximum Gasteiger partial charge on any atom is 0.234 e. The van der Waals surface area contributed by atoms with Crippen molar-refractivity contribution in [3.63, 3.8) is 0 Å². The molecule has 19 heavy (non-hydrogen) atoms. The molecule has 1 aliphatic heterocycles. The fourth-order valence-corrected chi connectivity index (χ4v) is 2.52. The van der Waals surface area contributed by atoms with Crippen LogP contribution >= 0.6 is 0 Å². The van der Waals surface area contributed by atoms with Gasteiger partial charge < -0.3 is 10.6 Å². The molecule has 2 fully saturated rings. The molecule has 1 aliphatic carbocycles. The number of pyridine rings is 1. The zero-order valence-electron chi connectivity index (χ0n) is 11.0. The Hall–Kier alpha value is -1.46. The summed E-state index contributed by atoms with van der Waals surface area (Å²) in [6, 6.07) is 4.71. The molecule has 1 aromatic heterocycles. The summed E-state index contributed by atoms with van der Waals surface area (Å²) >= 11 is 0. The van der Waals surface area contributed by atoms with E-state index in [1.165, 1.54) is 5.56 Å². The Morgan fingerprint density at radius 2 is 2.42 bits per heavy atom. The second-order valence-electron chi connectivity index (χ2n) is 5.32. The van der Waals surface area contributed by atoms with E-state index in [1.54, 1.807) is 6.20 Å². The lowest BCUT2D eigenvalue weighted by Gasteiger charge is -2.35. The fraction of sp³-hybridized carbons (Fsp3) is 0.571. The van der Waals surface area contributed by atoms with E-state index in [2.05, 4.69) is 26.6 Å². The van der Waals surface area contributed by atoms with Crippen molar-refractivity contribution in [3.05, 3.63) is 30.1 Å². The topological polar surface area (TPSA) is 57.3 Å². The van der Waals surface area contributed by atoms with Gasteiger partial charge in [0.1, 0.15) is 0 Å². The molecule has 5 heteroatoms. The van der Waals surface area contributed by atoms with Crippen LogP contribution in [-0.4, -0.2) is 48.0 Å². The van der Waals surface area contributed by atoms with Gasteiger partial charge >= 0.3 is 0 Å². The number of piperazine rings is 1. The Morgan fingerprint density at radius 3 is 3.16 bits per heavy atom. The van der Waals surface area contributed by atoms with E-state index in [4.69, 9.17) is 0 Å². The molecule has 2 N–H and O–H groups in total. The molecule has 1 saturated carbocycles. The van der Waals surface area contributed by atoms with Gasteiger partial charge in [-0.2, -0.15) is 0 Å². The number of rotatable bonds is 4. The molecule has 0 aromatic carbocycles. The number of amides is 1. The predicted octanol–water partition coefficient (Wildman–Crippen LogP) is 0.306.